The number of nitrogens with zero attached hydrogens (tertiary/aromatic N) is 1. The van der Waals surface area contributed by atoms with E-state index in [-0.39, 0.29) is 28.6 Å². The number of hydrogen-bond donors (Lipinski definition) is 1. The van der Waals surface area contributed by atoms with Crippen molar-refractivity contribution in [3.05, 3.63) is 24.1 Å². The second-order valence-corrected chi connectivity index (χ2v) is 6.36. The van der Waals surface area contributed by atoms with Gasteiger partial charge in [-0.3, -0.25) is 4.79 Å². The maximum Gasteiger partial charge on any atom is 0.468 e. The van der Waals surface area contributed by atoms with Crippen LogP contribution in [-0.2, 0) is 11.0 Å². The molecule has 0 radical (unpaired) electrons. The number of carbonyl (C=O) groups is 1. The van der Waals surface area contributed by atoms with E-state index in [0.29, 0.717) is 11.8 Å². The van der Waals surface area contributed by atoms with Gasteiger partial charge in [0.15, 0.2) is 5.58 Å². The summed E-state index contributed by atoms with van der Waals surface area (Å²) in [5, 5.41) is 2.76. The van der Waals surface area contributed by atoms with Crippen LogP contribution in [0.25, 0.3) is 11.1 Å². The monoisotopic (exact) mass is 324 g/mol. The minimum absolute atomic E-state index is 0.0181. The van der Waals surface area contributed by atoms with Gasteiger partial charge in [-0.15, -0.1) is 0 Å². The Balaban J connectivity index is 1.63. The van der Waals surface area contributed by atoms with Gasteiger partial charge in [-0.2, -0.15) is 13.2 Å². The van der Waals surface area contributed by atoms with Gasteiger partial charge in [0.05, 0.1) is 5.69 Å². The molecule has 1 heterocycles. The highest BCUT2D eigenvalue weighted by Gasteiger charge is 2.45. The van der Waals surface area contributed by atoms with Crippen LogP contribution < -0.4 is 5.32 Å². The van der Waals surface area contributed by atoms with Crippen molar-refractivity contribution in [3.8, 4) is 0 Å². The average Bonchev–Trinajstić information content (AvgIpc) is 3.39. The number of benzene rings is 1. The highest BCUT2D eigenvalue weighted by atomic mass is 19.4. The van der Waals surface area contributed by atoms with E-state index in [1.54, 1.807) is 12.1 Å². The molecule has 2 aliphatic carbocycles. The van der Waals surface area contributed by atoms with Crippen LogP contribution in [0.15, 0.2) is 22.6 Å². The minimum Gasteiger partial charge on any atom is -0.433 e. The summed E-state index contributed by atoms with van der Waals surface area (Å²) in [7, 11) is 0. The van der Waals surface area contributed by atoms with E-state index in [0.717, 1.165) is 25.7 Å². The van der Waals surface area contributed by atoms with E-state index in [4.69, 9.17) is 4.42 Å². The minimum atomic E-state index is -4.65. The van der Waals surface area contributed by atoms with Crippen LogP contribution >= 0.6 is 0 Å². The summed E-state index contributed by atoms with van der Waals surface area (Å²) in [4.78, 5) is 16.0. The number of aromatic nitrogens is 1. The normalized spacial score (nSPS) is 18.6. The molecule has 1 aromatic carbocycles. The number of alkyl halides is 3. The van der Waals surface area contributed by atoms with Gasteiger partial charge in [-0.05, 0) is 49.7 Å². The summed E-state index contributed by atoms with van der Waals surface area (Å²) in [5.74, 6) is -0.595. The number of amides is 1. The van der Waals surface area contributed by atoms with Crippen LogP contribution in [0.1, 0.15) is 31.6 Å². The van der Waals surface area contributed by atoms with Crippen molar-refractivity contribution in [2.24, 2.45) is 17.8 Å². The van der Waals surface area contributed by atoms with Gasteiger partial charge in [0.2, 0.25) is 5.91 Å². The van der Waals surface area contributed by atoms with Gasteiger partial charge in [-0.1, -0.05) is 6.07 Å². The number of carbonyl (C=O) groups excluding carboxylic acids is 1. The number of rotatable bonds is 4. The standard InChI is InChI=1S/C16H15F3N2O2/c17-16(18,19)15-21-13-10(2-1-3-11(13)23-15)20-14(22)12(8-4-5-8)9-6-7-9/h1-3,8-9,12H,4-7H2,(H,20,22). The van der Waals surface area contributed by atoms with Gasteiger partial charge >= 0.3 is 12.1 Å². The van der Waals surface area contributed by atoms with Crippen LogP contribution in [0.5, 0.6) is 0 Å². The Hall–Kier alpha value is -2.05. The fourth-order valence-corrected chi connectivity index (χ4v) is 3.11. The van der Waals surface area contributed by atoms with E-state index in [9.17, 15) is 18.0 Å². The Kier molecular flexibility index (Phi) is 3.14. The summed E-state index contributed by atoms with van der Waals surface area (Å²) in [6.07, 6.45) is -0.422. The van der Waals surface area contributed by atoms with Crippen molar-refractivity contribution >= 4 is 22.7 Å². The molecule has 1 N–H and O–H groups in total. The second kappa shape index (κ2) is 4.97. The molecule has 2 aliphatic rings. The van der Waals surface area contributed by atoms with Crippen molar-refractivity contribution in [2.45, 2.75) is 31.9 Å². The van der Waals surface area contributed by atoms with Crippen molar-refractivity contribution < 1.29 is 22.4 Å². The Morgan fingerprint density at radius 1 is 1.22 bits per heavy atom. The predicted octanol–water partition coefficient (Wildman–Crippen LogP) is 4.22. The summed E-state index contributed by atoms with van der Waals surface area (Å²) < 4.78 is 42.9. The van der Waals surface area contributed by atoms with Crippen molar-refractivity contribution in [2.75, 3.05) is 5.32 Å². The molecule has 2 fully saturated rings. The number of hydrogen-bond acceptors (Lipinski definition) is 3. The highest BCUT2D eigenvalue weighted by molar-refractivity contribution is 6.00. The van der Waals surface area contributed by atoms with Gasteiger partial charge in [0.25, 0.3) is 0 Å². The molecule has 0 saturated heterocycles. The van der Waals surface area contributed by atoms with E-state index < -0.39 is 12.1 Å². The second-order valence-electron chi connectivity index (χ2n) is 6.36. The zero-order valence-electron chi connectivity index (χ0n) is 12.2. The lowest BCUT2D eigenvalue weighted by Gasteiger charge is -2.15. The molecule has 2 aromatic rings. The average molecular weight is 324 g/mol. The van der Waals surface area contributed by atoms with Crippen LogP contribution in [0.3, 0.4) is 0 Å². The predicted molar refractivity (Wildman–Crippen MR) is 76.6 cm³/mol. The molecule has 0 spiro atoms. The van der Waals surface area contributed by atoms with Crippen molar-refractivity contribution in [1.29, 1.82) is 0 Å². The van der Waals surface area contributed by atoms with Crippen LogP contribution in [0.4, 0.5) is 18.9 Å². The number of anilines is 1. The van der Waals surface area contributed by atoms with Gasteiger partial charge in [-0.25, -0.2) is 4.98 Å². The molecule has 1 amide bonds. The molecule has 23 heavy (non-hydrogen) atoms. The highest BCUT2D eigenvalue weighted by Crippen LogP contribution is 2.49. The molecule has 4 rings (SSSR count). The molecule has 0 aliphatic heterocycles. The van der Waals surface area contributed by atoms with Gasteiger partial charge in [0.1, 0.15) is 5.52 Å². The molecule has 0 unspecified atom stereocenters. The van der Waals surface area contributed by atoms with Crippen LogP contribution in [-0.4, -0.2) is 10.9 Å². The number of para-hydroxylation sites is 1. The SMILES string of the molecule is O=C(Nc1cccc2oc(C(F)(F)F)nc12)C(C1CC1)C1CC1. The lowest BCUT2D eigenvalue weighted by Crippen LogP contribution is -2.26. The lowest BCUT2D eigenvalue weighted by molar-refractivity contribution is -0.156. The molecule has 0 atom stereocenters. The van der Waals surface area contributed by atoms with E-state index in [1.807, 2.05) is 0 Å². The molecule has 122 valence electrons. The smallest absolute Gasteiger partial charge is 0.433 e. The first kappa shape index (κ1) is 14.5. The zero-order chi connectivity index (χ0) is 16.2. The van der Waals surface area contributed by atoms with Crippen LogP contribution in [0.2, 0.25) is 0 Å². The fraction of sp³-hybridized carbons (Fsp3) is 0.500. The summed E-state index contributed by atoms with van der Waals surface area (Å²) in [6.45, 7) is 0. The maximum atomic E-state index is 12.7. The Labute approximate surface area is 130 Å². The summed E-state index contributed by atoms with van der Waals surface area (Å²) in [6, 6.07) is 4.51. The fourth-order valence-electron chi connectivity index (χ4n) is 3.11. The van der Waals surface area contributed by atoms with Crippen LogP contribution in [0, 0.1) is 17.8 Å². The number of oxazole rings is 1. The largest absolute Gasteiger partial charge is 0.468 e. The third kappa shape index (κ3) is 2.80. The molecule has 2 saturated carbocycles. The maximum absolute atomic E-state index is 12.7. The first-order valence-corrected chi connectivity index (χ1v) is 7.71. The Morgan fingerprint density at radius 2 is 1.87 bits per heavy atom. The molecular formula is C16H15F3N2O2. The quantitative estimate of drug-likeness (QED) is 0.916. The Morgan fingerprint density at radius 3 is 2.43 bits per heavy atom. The number of halogens is 3. The number of nitrogens with one attached hydrogen (secondary N) is 1. The summed E-state index contributed by atoms with van der Waals surface area (Å²) >= 11 is 0. The summed E-state index contributed by atoms with van der Waals surface area (Å²) in [5.41, 5.74) is 0.334. The molecule has 0 bridgehead atoms. The first-order chi connectivity index (χ1) is 10.9. The first-order valence-electron chi connectivity index (χ1n) is 7.71. The lowest BCUT2D eigenvalue weighted by atomic mass is 9.97. The topological polar surface area (TPSA) is 55.1 Å². The Bertz CT molecular complexity index is 748. The van der Waals surface area contributed by atoms with Crippen molar-refractivity contribution in [3.63, 3.8) is 0 Å². The number of fused-ring (bicyclic) bond motifs is 1. The van der Waals surface area contributed by atoms with E-state index in [1.165, 1.54) is 6.07 Å². The van der Waals surface area contributed by atoms with E-state index >= 15 is 0 Å². The molecule has 1 aromatic heterocycles. The van der Waals surface area contributed by atoms with Gasteiger partial charge < -0.3 is 9.73 Å². The zero-order valence-corrected chi connectivity index (χ0v) is 12.2. The third-order valence-electron chi connectivity index (χ3n) is 4.48. The van der Waals surface area contributed by atoms with Gasteiger partial charge in [0, 0.05) is 5.92 Å². The third-order valence-corrected chi connectivity index (χ3v) is 4.48. The molecule has 7 heteroatoms. The molecule has 4 nitrogen and oxygen atoms in total. The van der Waals surface area contributed by atoms with Crippen molar-refractivity contribution in [1.82, 2.24) is 4.98 Å². The van der Waals surface area contributed by atoms with E-state index in [2.05, 4.69) is 10.3 Å². The molecular weight excluding hydrogens is 309 g/mol.